The van der Waals surface area contributed by atoms with Crippen molar-refractivity contribution in [3.63, 3.8) is 0 Å². The summed E-state index contributed by atoms with van der Waals surface area (Å²) in [4.78, 5) is 12.1. The van der Waals surface area contributed by atoms with Gasteiger partial charge in [0.15, 0.2) is 0 Å². The number of nitrogens with zero attached hydrogens (tertiary/aromatic N) is 2. The van der Waals surface area contributed by atoms with Gasteiger partial charge in [0.1, 0.15) is 11.5 Å². The van der Waals surface area contributed by atoms with Crippen molar-refractivity contribution in [2.24, 2.45) is 5.41 Å². The average Bonchev–Trinajstić information content (AvgIpc) is 2.98. The van der Waals surface area contributed by atoms with Gasteiger partial charge >= 0.3 is 0 Å². The number of amides is 1. The molecule has 2 rings (SSSR count). The van der Waals surface area contributed by atoms with Gasteiger partial charge in [0.05, 0.1) is 0 Å². The maximum atomic E-state index is 14.1. The summed E-state index contributed by atoms with van der Waals surface area (Å²) >= 11 is 0. The maximum Gasteiger partial charge on any atom is 0.251 e. The molecule has 0 aliphatic heterocycles. The standard InChI is InChI=1S/C16H20FN3O2/c1-16(2,6-9-21)11-18-15(22)12-4-5-14(13(17)10-12)20-8-3-7-19-20/h3-5,7-8,10,21H,6,9,11H2,1-2H3,(H,18,22). The zero-order valence-electron chi connectivity index (χ0n) is 12.7. The van der Waals surface area contributed by atoms with Crippen LogP contribution in [-0.2, 0) is 0 Å². The first-order chi connectivity index (χ1) is 10.4. The number of aromatic nitrogens is 2. The Bertz CT molecular complexity index is 639. The fourth-order valence-electron chi connectivity index (χ4n) is 2.06. The van der Waals surface area contributed by atoms with Crippen LogP contribution in [0.3, 0.4) is 0 Å². The van der Waals surface area contributed by atoms with Crippen LogP contribution in [0.25, 0.3) is 5.69 Å². The fraction of sp³-hybridized carbons (Fsp3) is 0.375. The monoisotopic (exact) mass is 305 g/mol. The molecule has 1 heterocycles. The van der Waals surface area contributed by atoms with Crippen LogP contribution in [-0.4, -0.2) is 33.9 Å². The van der Waals surface area contributed by atoms with E-state index in [4.69, 9.17) is 5.11 Å². The molecule has 0 aliphatic carbocycles. The molecule has 0 bridgehead atoms. The largest absolute Gasteiger partial charge is 0.396 e. The van der Waals surface area contributed by atoms with Crippen LogP contribution in [0, 0.1) is 11.2 Å². The molecule has 5 nitrogen and oxygen atoms in total. The van der Waals surface area contributed by atoms with Crippen LogP contribution >= 0.6 is 0 Å². The van der Waals surface area contributed by atoms with Gasteiger partial charge in [-0.15, -0.1) is 0 Å². The van der Waals surface area contributed by atoms with Gasteiger partial charge in [-0.1, -0.05) is 13.8 Å². The van der Waals surface area contributed by atoms with Gasteiger partial charge in [-0.3, -0.25) is 4.79 Å². The molecule has 0 radical (unpaired) electrons. The molecule has 2 N–H and O–H groups in total. The van der Waals surface area contributed by atoms with Crippen LogP contribution in [0.2, 0.25) is 0 Å². The van der Waals surface area contributed by atoms with Crippen LogP contribution in [0.5, 0.6) is 0 Å². The maximum absolute atomic E-state index is 14.1. The average molecular weight is 305 g/mol. The molecule has 0 atom stereocenters. The second-order valence-electron chi connectivity index (χ2n) is 5.94. The highest BCUT2D eigenvalue weighted by atomic mass is 19.1. The van der Waals surface area contributed by atoms with Crippen molar-refractivity contribution in [1.29, 1.82) is 0 Å². The predicted molar refractivity (Wildman–Crippen MR) is 81.3 cm³/mol. The number of halogens is 1. The molecule has 118 valence electrons. The summed E-state index contributed by atoms with van der Waals surface area (Å²) in [6, 6.07) is 5.99. The van der Waals surface area contributed by atoms with E-state index < -0.39 is 5.82 Å². The Morgan fingerprint density at radius 3 is 2.82 bits per heavy atom. The zero-order chi connectivity index (χ0) is 16.2. The Balaban J connectivity index is 2.07. The van der Waals surface area contributed by atoms with E-state index in [-0.39, 0.29) is 23.5 Å². The topological polar surface area (TPSA) is 67.2 Å². The Labute approximate surface area is 128 Å². The Morgan fingerprint density at radius 1 is 1.45 bits per heavy atom. The minimum Gasteiger partial charge on any atom is -0.396 e. The lowest BCUT2D eigenvalue weighted by Gasteiger charge is -2.23. The molecule has 2 aromatic rings. The van der Waals surface area contributed by atoms with Crippen molar-refractivity contribution in [1.82, 2.24) is 15.1 Å². The summed E-state index contributed by atoms with van der Waals surface area (Å²) in [5.74, 6) is -0.845. The summed E-state index contributed by atoms with van der Waals surface area (Å²) in [5.41, 5.74) is 0.341. The van der Waals surface area contributed by atoms with Gasteiger partial charge in [0, 0.05) is 31.1 Å². The highest BCUT2D eigenvalue weighted by Crippen LogP contribution is 2.19. The van der Waals surface area contributed by atoms with Gasteiger partial charge in [-0.2, -0.15) is 5.10 Å². The molecule has 6 heteroatoms. The molecular formula is C16H20FN3O2. The molecule has 0 saturated carbocycles. The number of benzene rings is 1. The second-order valence-corrected chi connectivity index (χ2v) is 5.94. The lowest BCUT2D eigenvalue weighted by Crippen LogP contribution is -2.34. The van der Waals surface area contributed by atoms with Crippen molar-refractivity contribution in [3.8, 4) is 5.69 Å². The third-order valence-corrected chi connectivity index (χ3v) is 3.48. The summed E-state index contributed by atoms with van der Waals surface area (Å²) in [6.07, 6.45) is 3.78. The van der Waals surface area contributed by atoms with Gasteiger partial charge in [0.2, 0.25) is 0 Å². The number of carbonyl (C=O) groups is 1. The highest BCUT2D eigenvalue weighted by Gasteiger charge is 2.19. The molecule has 0 fully saturated rings. The van der Waals surface area contributed by atoms with Crippen molar-refractivity contribution >= 4 is 5.91 Å². The minimum atomic E-state index is -0.508. The first-order valence-electron chi connectivity index (χ1n) is 7.11. The molecule has 1 aromatic carbocycles. The van der Waals surface area contributed by atoms with Crippen LogP contribution in [0.4, 0.5) is 4.39 Å². The molecule has 0 saturated heterocycles. The third-order valence-electron chi connectivity index (χ3n) is 3.48. The Hall–Kier alpha value is -2.21. The van der Waals surface area contributed by atoms with Gasteiger partial charge in [0.25, 0.3) is 5.91 Å². The zero-order valence-corrected chi connectivity index (χ0v) is 12.7. The number of hydrogen-bond donors (Lipinski definition) is 2. The number of nitrogens with one attached hydrogen (secondary N) is 1. The van der Waals surface area contributed by atoms with Crippen molar-refractivity contribution < 1.29 is 14.3 Å². The lowest BCUT2D eigenvalue weighted by atomic mass is 9.89. The van der Waals surface area contributed by atoms with Gasteiger partial charge in [-0.25, -0.2) is 9.07 Å². The molecular weight excluding hydrogens is 285 g/mol. The van der Waals surface area contributed by atoms with Crippen LogP contribution in [0.15, 0.2) is 36.7 Å². The smallest absolute Gasteiger partial charge is 0.251 e. The van der Waals surface area contributed by atoms with E-state index in [0.29, 0.717) is 18.7 Å². The second kappa shape index (κ2) is 6.70. The summed E-state index contributed by atoms with van der Waals surface area (Å²) in [6.45, 7) is 4.38. The van der Waals surface area contributed by atoms with Crippen LogP contribution in [0.1, 0.15) is 30.6 Å². The Morgan fingerprint density at radius 2 is 2.23 bits per heavy atom. The van der Waals surface area contributed by atoms with Crippen molar-refractivity contribution in [2.75, 3.05) is 13.2 Å². The van der Waals surface area contributed by atoms with Crippen LogP contribution < -0.4 is 5.32 Å². The van der Waals surface area contributed by atoms with E-state index in [0.717, 1.165) is 0 Å². The number of hydrogen-bond acceptors (Lipinski definition) is 3. The first-order valence-corrected chi connectivity index (χ1v) is 7.11. The molecule has 22 heavy (non-hydrogen) atoms. The fourth-order valence-corrected chi connectivity index (χ4v) is 2.06. The quantitative estimate of drug-likeness (QED) is 0.859. The van der Waals surface area contributed by atoms with Crippen molar-refractivity contribution in [3.05, 3.63) is 48.0 Å². The van der Waals surface area contributed by atoms with Gasteiger partial charge in [-0.05, 0) is 36.1 Å². The predicted octanol–water partition coefficient (Wildman–Crippen LogP) is 2.15. The summed E-state index contributed by atoms with van der Waals surface area (Å²) in [7, 11) is 0. The van der Waals surface area contributed by atoms with E-state index >= 15 is 0 Å². The SMILES string of the molecule is CC(C)(CCO)CNC(=O)c1ccc(-n2cccn2)c(F)c1. The number of aliphatic hydroxyl groups excluding tert-OH is 1. The molecule has 1 aromatic heterocycles. The summed E-state index contributed by atoms with van der Waals surface area (Å²) < 4.78 is 15.5. The molecule has 0 unspecified atom stereocenters. The lowest BCUT2D eigenvalue weighted by molar-refractivity contribution is 0.0927. The number of carbonyl (C=O) groups excluding carboxylic acids is 1. The van der Waals surface area contributed by atoms with E-state index in [2.05, 4.69) is 10.4 Å². The molecule has 0 spiro atoms. The third kappa shape index (κ3) is 3.92. The summed E-state index contributed by atoms with van der Waals surface area (Å²) in [5, 5.41) is 15.7. The molecule has 1 amide bonds. The number of aliphatic hydroxyl groups is 1. The van der Waals surface area contributed by atoms with Gasteiger partial charge < -0.3 is 10.4 Å². The van der Waals surface area contributed by atoms with E-state index in [1.54, 1.807) is 24.5 Å². The van der Waals surface area contributed by atoms with E-state index in [1.165, 1.54) is 16.8 Å². The highest BCUT2D eigenvalue weighted by molar-refractivity contribution is 5.94. The normalized spacial score (nSPS) is 11.5. The molecule has 0 aliphatic rings. The van der Waals surface area contributed by atoms with Crippen molar-refractivity contribution in [2.45, 2.75) is 20.3 Å². The first kappa shape index (κ1) is 16.2. The Kier molecular flexibility index (Phi) is 4.92. The van der Waals surface area contributed by atoms with E-state index in [9.17, 15) is 9.18 Å². The minimum absolute atomic E-state index is 0.0655. The number of rotatable bonds is 6. The van der Waals surface area contributed by atoms with E-state index in [1.807, 2.05) is 13.8 Å².